The first-order valence-corrected chi connectivity index (χ1v) is 17.0. The molecule has 1 aliphatic heterocycles. The molecule has 0 bridgehead atoms. The van der Waals surface area contributed by atoms with Crippen LogP contribution in [0.15, 0.2) is 73.3 Å². The van der Waals surface area contributed by atoms with Crippen LogP contribution in [0.2, 0.25) is 0 Å². The van der Waals surface area contributed by atoms with Crippen molar-refractivity contribution < 1.29 is 27.9 Å². The second kappa shape index (κ2) is 14.4. The maximum Gasteiger partial charge on any atom is 0.331 e. The highest BCUT2D eigenvalue weighted by molar-refractivity contribution is 8.14. The molecular formula is C28H30N5O6PS2. The summed E-state index contributed by atoms with van der Waals surface area (Å²) in [6, 6.07) is 17.9. The molecule has 2 atom stereocenters. The Balaban J connectivity index is 1.18. The molecule has 0 saturated carbocycles. The van der Waals surface area contributed by atoms with E-state index >= 15 is 0 Å². The van der Waals surface area contributed by atoms with Gasteiger partial charge in [0.15, 0.2) is 11.5 Å². The molecule has 1 fully saturated rings. The normalized spacial score (nSPS) is 17.0. The van der Waals surface area contributed by atoms with Gasteiger partial charge in [-0.3, -0.25) is 18.7 Å². The van der Waals surface area contributed by atoms with Crippen LogP contribution in [0.4, 0.5) is 5.82 Å². The van der Waals surface area contributed by atoms with E-state index in [4.69, 9.17) is 19.5 Å². The van der Waals surface area contributed by atoms with Crippen molar-refractivity contribution in [1.82, 2.24) is 19.5 Å². The summed E-state index contributed by atoms with van der Waals surface area (Å²) in [6.07, 6.45) is 3.27. The number of thioether (sulfide) groups is 2. The predicted octanol–water partition coefficient (Wildman–Crippen LogP) is 5.32. The molecule has 2 aromatic carbocycles. The van der Waals surface area contributed by atoms with Gasteiger partial charge in [-0.2, -0.15) is 0 Å². The summed E-state index contributed by atoms with van der Waals surface area (Å²) in [5, 5.41) is -0.176. The minimum atomic E-state index is -3.59. The van der Waals surface area contributed by atoms with Crippen molar-refractivity contribution >= 4 is 58.3 Å². The number of ether oxygens (including phenoxy) is 1. The van der Waals surface area contributed by atoms with E-state index in [9.17, 15) is 14.2 Å². The molecule has 5 rings (SSSR count). The van der Waals surface area contributed by atoms with Crippen LogP contribution < -0.4 is 5.73 Å². The third kappa shape index (κ3) is 7.85. The fourth-order valence-electron chi connectivity index (χ4n) is 4.47. The molecule has 2 aromatic heterocycles. The lowest BCUT2D eigenvalue weighted by Crippen LogP contribution is -2.13. The summed E-state index contributed by atoms with van der Waals surface area (Å²) < 4.78 is 33.4. The van der Waals surface area contributed by atoms with Crippen LogP contribution in [0.25, 0.3) is 11.2 Å². The molecule has 0 aliphatic carbocycles. The van der Waals surface area contributed by atoms with Gasteiger partial charge in [0, 0.05) is 22.6 Å². The fourth-order valence-corrected chi connectivity index (χ4v) is 7.93. The molecule has 220 valence electrons. The molecule has 14 heteroatoms. The second-order valence-electron chi connectivity index (χ2n) is 9.44. The van der Waals surface area contributed by atoms with E-state index in [1.165, 1.54) is 6.33 Å². The quantitative estimate of drug-likeness (QED) is 0.151. The molecule has 2 unspecified atom stereocenters. The van der Waals surface area contributed by atoms with Crippen LogP contribution in [0.3, 0.4) is 0 Å². The number of imidazole rings is 1. The van der Waals surface area contributed by atoms with E-state index in [1.807, 2.05) is 12.1 Å². The molecule has 3 heterocycles. The lowest BCUT2D eigenvalue weighted by molar-refractivity contribution is 0.0573. The summed E-state index contributed by atoms with van der Waals surface area (Å²) in [6.45, 7) is 0.468. The standard InChI is InChI=1S/C28H30N5O6PS2/c29-25-24-26(31-18-30-25)33(19-32-24)23-15-20(16-37-23)17-40(36,38-11-13-41-27(34)21-7-3-1-4-8-21)39-12-14-42-28(35)22-9-5-2-6-10-22/h1-10,18-20,23H,11-17H2,(H2,29,30,31). The zero-order chi connectivity index (χ0) is 29.4. The highest BCUT2D eigenvalue weighted by atomic mass is 32.2. The van der Waals surface area contributed by atoms with Crippen molar-refractivity contribution in [2.24, 2.45) is 5.92 Å². The molecule has 11 nitrogen and oxygen atoms in total. The highest BCUT2D eigenvalue weighted by Gasteiger charge is 2.36. The molecule has 2 N–H and O–H groups in total. The van der Waals surface area contributed by atoms with Crippen LogP contribution in [0.1, 0.15) is 33.4 Å². The number of anilines is 1. The van der Waals surface area contributed by atoms with Gasteiger partial charge < -0.3 is 19.5 Å². The third-order valence-electron chi connectivity index (χ3n) is 6.47. The highest BCUT2D eigenvalue weighted by Crippen LogP contribution is 2.52. The Bertz CT molecular complexity index is 1490. The van der Waals surface area contributed by atoms with Gasteiger partial charge >= 0.3 is 7.60 Å². The summed E-state index contributed by atoms with van der Waals surface area (Å²) >= 11 is 2.19. The topological polar surface area (TPSA) is 149 Å². The molecule has 1 saturated heterocycles. The number of fused-ring (bicyclic) bond motifs is 1. The first-order valence-electron chi connectivity index (χ1n) is 13.3. The number of rotatable bonds is 13. The maximum absolute atomic E-state index is 13.9. The SMILES string of the molecule is Nc1ncnc2c1ncn2C1CC(CP(=O)(OCCSC(=O)c2ccccc2)OCCSC(=O)c2ccccc2)CO1. The zero-order valence-corrected chi connectivity index (χ0v) is 25.1. The minimum absolute atomic E-state index is 0.0654. The van der Waals surface area contributed by atoms with Crippen molar-refractivity contribution in [3.63, 3.8) is 0 Å². The van der Waals surface area contributed by atoms with Crippen molar-refractivity contribution in [2.75, 3.05) is 43.2 Å². The molecule has 1 aliphatic rings. The van der Waals surface area contributed by atoms with Crippen molar-refractivity contribution in [3.05, 3.63) is 84.4 Å². The van der Waals surface area contributed by atoms with E-state index in [1.54, 1.807) is 59.4 Å². The molecular weight excluding hydrogens is 597 g/mol. The maximum atomic E-state index is 13.9. The molecule has 0 spiro atoms. The average molecular weight is 628 g/mol. The lowest BCUT2D eigenvalue weighted by Gasteiger charge is -2.21. The van der Waals surface area contributed by atoms with Gasteiger partial charge in [-0.25, -0.2) is 15.0 Å². The van der Waals surface area contributed by atoms with Crippen LogP contribution in [-0.4, -0.2) is 67.2 Å². The number of aromatic nitrogens is 4. The summed E-state index contributed by atoms with van der Waals surface area (Å²) in [5.41, 5.74) is 8.15. The Labute approximate surface area is 251 Å². The van der Waals surface area contributed by atoms with Crippen LogP contribution in [0, 0.1) is 5.92 Å². The fraction of sp³-hybridized carbons (Fsp3) is 0.321. The Morgan fingerprint density at radius 3 is 2.12 bits per heavy atom. The Morgan fingerprint density at radius 2 is 1.52 bits per heavy atom. The number of nitrogen functional groups attached to an aromatic ring is 1. The van der Waals surface area contributed by atoms with E-state index < -0.39 is 7.60 Å². The minimum Gasteiger partial charge on any atom is -0.382 e. The van der Waals surface area contributed by atoms with Gasteiger partial charge in [0.2, 0.25) is 10.2 Å². The Hall–Kier alpha value is -3.06. The van der Waals surface area contributed by atoms with Gasteiger partial charge in [0.25, 0.3) is 0 Å². The van der Waals surface area contributed by atoms with Crippen LogP contribution in [0.5, 0.6) is 0 Å². The van der Waals surface area contributed by atoms with E-state index in [2.05, 4.69) is 15.0 Å². The Morgan fingerprint density at radius 1 is 0.929 bits per heavy atom. The van der Waals surface area contributed by atoms with Crippen molar-refractivity contribution in [3.8, 4) is 0 Å². The molecule has 4 aromatic rings. The first-order chi connectivity index (χ1) is 20.4. The number of nitrogens with zero attached hydrogens (tertiary/aromatic N) is 4. The smallest absolute Gasteiger partial charge is 0.331 e. The van der Waals surface area contributed by atoms with Crippen LogP contribution in [-0.2, 0) is 18.3 Å². The van der Waals surface area contributed by atoms with E-state index in [0.29, 0.717) is 46.8 Å². The van der Waals surface area contributed by atoms with Crippen LogP contribution >= 0.6 is 31.1 Å². The van der Waals surface area contributed by atoms with Gasteiger partial charge in [-0.1, -0.05) is 84.2 Å². The molecule has 0 radical (unpaired) electrons. The van der Waals surface area contributed by atoms with E-state index in [-0.39, 0.29) is 47.6 Å². The molecule has 0 amide bonds. The number of nitrogens with two attached hydrogens (primary N) is 1. The lowest BCUT2D eigenvalue weighted by atomic mass is 10.1. The zero-order valence-electron chi connectivity index (χ0n) is 22.6. The number of hydrogen-bond acceptors (Lipinski definition) is 12. The predicted molar refractivity (Wildman–Crippen MR) is 164 cm³/mol. The van der Waals surface area contributed by atoms with E-state index in [0.717, 1.165) is 23.5 Å². The second-order valence-corrected chi connectivity index (χ2v) is 13.7. The van der Waals surface area contributed by atoms with Gasteiger partial charge in [0.05, 0.1) is 32.3 Å². The summed E-state index contributed by atoms with van der Waals surface area (Å²) in [7, 11) is -3.59. The number of benzene rings is 2. The number of carbonyl (C=O) groups is 2. The summed E-state index contributed by atoms with van der Waals surface area (Å²) in [5.74, 6) is 0.782. The van der Waals surface area contributed by atoms with Crippen molar-refractivity contribution in [2.45, 2.75) is 12.6 Å². The van der Waals surface area contributed by atoms with Gasteiger partial charge in [0.1, 0.15) is 18.1 Å². The first kappa shape index (κ1) is 30.4. The van der Waals surface area contributed by atoms with Crippen molar-refractivity contribution in [1.29, 1.82) is 0 Å². The number of hydrogen-bond donors (Lipinski definition) is 1. The molecule has 42 heavy (non-hydrogen) atoms. The monoisotopic (exact) mass is 627 g/mol. The summed E-state index contributed by atoms with van der Waals surface area (Å²) in [4.78, 5) is 37.4. The Kier molecular flexibility index (Phi) is 10.4. The number of carbonyl (C=O) groups excluding carboxylic acids is 2. The third-order valence-corrected chi connectivity index (χ3v) is 10.3. The largest absolute Gasteiger partial charge is 0.382 e. The van der Waals surface area contributed by atoms with Gasteiger partial charge in [-0.15, -0.1) is 0 Å². The average Bonchev–Trinajstić information content (AvgIpc) is 3.66. The van der Waals surface area contributed by atoms with Gasteiger partial charge in [-0.05, 0) is 12.3 Å².